The van der Waals surface area contributed by atoms with Gasteiger partial charge in [0.1, 0.15) is 5.75 Å². The van der Waals surface area contributed by atoms with E-state index in [2.05, 4.69) is 5.32 Å². The summed E-state index contributed by atoms with van der Waals surface area (Å²) < 4.78 is 18.7. The van der Waals surface area contributed by atoms with Gasteiger partial charge in [-0.2, -0.15) is 0 Å². The molecule has 1 saturated heterocycles. The number of likely N-dealkylation sites (N-methyl/N-ethyl adjacent to an activating group) is 1. The van der Waals surface area contributed by atoms with Crippen molar-refractivity contribution >= 4 is 17.0 Å². The molecule has 1 atom stereocenters. The fraction of sp³-hybridized carbons (Fsp3) is 0.833. The maximum atomic E-state index is 11.0. The van der Waals surface area contributed by atoms with Gasteiger partial charge in [0.2, 0.25) is 5.91 Å². The van der Waals surface area contributed by atoms with Crippen LogP contribution in [0.25, 0.3) is 0 Å². The molecule has 0 spiro atoms. The van der Waals surface area contributed by atoms with E-state index in [0.717, 1.165) is 0 Å². The van der Waals surface area contributed by atoms with E-state index in [4.69, 9.17) is 4.55 Å². The zero-order chi connectivity index (χ0) is 9.14. The lowest BCUT2D eigenvalue weighted by Crippen LogP contribution is -2.59. The van der Waals surface area contributed by atoms with Crippen LogP contribution in [0.15, 0.2) is 0 Å². The number of hydrogen-bond acceptors (Lipinski definition) is 3. The molecule has 6 heteroatoms. The molecule has 12 heavy (non-hydrogen) atoms. The second kappa shape index (κ2) is 3.97. The molecule has 0 aliphatic carbocycles. The Hall–Kier alpha value is -0.460. The highest BCUT2D eigenvalue weighted by Crippen LogP contribution is 2.07. The van der Waals surface area contributed by atoms with E-state index in [-0.39, 0.29) is 11.7 Å². The van der Waals surface area contributed by atoms with Crippen LogP contribution in [0, 0.1) is 0 Å². The number of rotatable bonds is 3. The lowest BCUT2D eigenvalue weighted by Gasteiger charge is -2.38. The third-order valence-corrected chi connectivity index (χ3v) is 2.38. The molecular weight excluding hydrogens is 180 g/mol. The quantitative estimate of drug-likeness (QED) is 0.542. The number of hydrogen-bond donors (Lipinski definition) is 2. The zero-order valence-corrected chi connectivity index (χ0v) is 7.63. The second-order valence-corrected chi connectivity index (χ2v) is 3.68. The van der Waals surface area contributed by atoms with Gasteiger partial charge in [-0.15, -0.1) is 0 Å². The Labute approximate surface area is 73.4 Å². The highest BCUT2D eigenvalue weighted by atomic mass is 32.2. The Bertz CT molecular complexity index is 203. The summed E-state index contributed by atoms with van der Waals surface area (Å²) in [6.07, 6.45) is 0. The van der Waals surface area contributed by atoms with Gasteiger partial charge in [-0.3, -0.25) is 4.79 Å². The van der Waals surface area contributed by atoms with Gasteiger partial charge in [-0.25, -0.2) is 4.21 Å². The number of carbonyl (C=O) groups is 1. The maximum Gasteiger partial charge on any atom is 0.237 e. The summed E-state index contributed by atoms with van der Waals surface area (Å²) in [5.41, 5.74) is 0. The Morgan fingerprint density at radius 1 is 1.75 bits per heavy atom. The summed E-state index contributed by atoms with van der Waals surface area (Å²) in [7, 11) is 1.83. The van der Waals surface area contributed by atoms with Crippen LogP contribution in [0.1, 0.15) is 0 Å². The summed E-state index contributed by atoms with van der Waals surface area (Å²) in [5.74, 6) is -0.529. The molecule has 70 valence electrons. The van der Waals surface area contributed by atoms with Gasteiger partial charge < -0.3 is 14.8 Å². The standard InChI is InChI=1S/C6H12N2O3S/c1-7-5-2-8(3-5)6(9)4-12(10)11/h5,7H,2-4H2,1H3,(H,10,11). The number of nitrogens with one attached hydrogen (secondary N) is 1. The molecule has 1 heterocycles. The summed E-state index contributed by atoms with van der Waals surface area (Å²) in [5, 5.41) is 3.01. The Morgan fingerprint density at radius 2 is 2.33 bits per heavy atom. The number of nitrogens with zero attached hydrogens (tertiary/aromatic N) is 1. The third-order valence-electron chi connectivity index (χ3n) is 1.89. The van der Waals surface area contributed by atoms with Gasteiger partial charge in [-0.1, -0.05) is 0 Å². The highest BCUT2D eigenvalue weighted by molar-refractivity contribution is 7.80. The average Bonchev–Trinajstić information content (AvgIpc) is 1.82. The fourth-order valence-electron chi connectivity index (χ4n) is 1.06. The first-order valence-electron chi connectivity index (χ1n) is 3.66. The van der Waals surface area contributed by atoms with E-state index >= 15 is 0 Å². The number of carbonyl (C=O) groups excluding carboxylic acids is 1. The van der Waals surface area contributed by atoms with Crippen LogP contribution in [-0.2, 0) is 15.9 Å². The fourth-order valence-corrected chi connectivity index (χ4v) is 1.46. The van der Waals surface area contributed by atoms with Crippen LogP contribution < -0.4 is 5.32 Å². The molecular formula is C6H12N2O3S. The van der Waals surface area contributed by atoms with Crippen molar-refractivity contribution in [1.82, 2.24) is 10.2 Å². The second-order valence-electron chi connectivity index (χ2n) is 2.75. The Kier molecular flexibility index (Phi) is 3.19. The molecule has 2 N–H and O–H groups in total. The SMILES string of the molecule is CNC1CN(C(=O)CS(=O)O)C1. The van der Waals surface area contributed by atoms with Crippen LogP contribution in [0.4, 0.5) is 0 Å². The van der Waals surface area contributed by atoms with Gasteiger partial charge in [0.05, 0.1) is 0 Å². The largest absolute Gasteiger partial charge is 0.339 e. The van der Waals surface area contributed by atoms with E-state index in [1.54, 1.807) is 4.90 Å². The van der Waals surface area contributed by atoms with Crippen molar-refractivity contribution < 1.29 is 13.6 Å². The predicted octanol–water partition coefficient (Wildman–Crippen LogP) is -1.36. The lowest BCUT2D eigenvalue weighted by atomic mass is 10.1. The molecule has 1 aliphatic rings. The molecule has 1 fully saturated rings. The van der Waals surface area contributed by atoms with Gasteiger partial charge in [0.15, 0.2) is 11.1 Å². The minimum Gasteiger partial charge on any atom is -0.339 e. The minimum atomic E-state index is -2.01. The molecule has 0 aromatic carbocycles. The molecule has 0 saturated carbocycles. The van der Waals surface area contributed by atoms with Crippen LogP contribution in [-0.4, -0.2) is 51.5 Å². The summed E-state index contributed by atoms with van der Waals surface area (Å²) >= 11 is -2.01. The monoisotopic (exact) mass is 192 g/mol. The van der Waals surface area contributed by atoms with E-state index in [9.17, 15) is 9.00 Å². The van der Waals surface area contributed by atoms with Crippen LogP contribution in [0.3, 0.4) is 0 Å². The topological polar surface area (TPSA) is 69.6 Å². The van der Waals surface area contributed by atoms with E-state index < -0.39 is 11.1 Å². The van der Waals surface area contributed by atoms with E-state index in [1.807, 2.05) is 7.05 Å². The molecule has 5 nitrogen and oxygen atoms in total. The molecule has 0 aromatic heterocycles. The predicted molar refractivity (Wildman–Crippen MR) is 45.1 cm³/mol. The third kappa shape index (κ3) is 2.26. The molecule has 0 radical (unpaired) electrons. The maximum absolute atomic E-state index is 11.0. The Morgan fingerprint density at radius 3 is 2.75 bits per heavy atom. The lowest BCUT2D eigenvalue weighted by molar-refractivity contribution is -0.133. The highest BCUT2D eigenvalue weighted by Gasteiger charge is 2.29. The van der Waals surface area contributed by atoms with Crippen molar-refractivity contribution in [2.75, 3.05) is 25.9 Å². The molecule has 0 bridgehead atoms. The van der Waals surface area contributed by atoms with Crippen molar-refractivity contribution in [2.24, 2.45) is 0 Å². The molecule has 1 rings (SSSR count). The van der Waals surface area contributed by atoms with Crippen molar-refractivity contribution in [3.05, 3.63) is 0 Å². The summed E-state index contributed by atoms with van der Waals surface area (Å²) in [6, 6.07) is 0.348. The average molecular weight is 192 g/mol. The number of amides is 1. The van der Waals surface area contributed by atoms with Crippen molar-refractivity contribution in [1.29, 1.82) is 0 Å². The zero-order valence-electron chi connectivity index (χ0n) is 6.82. The van der Waals surface area contributed by atoms with Gasteiger partial charge in [0, 0.05) is 19.1 Å². The first-order valence-corrected chi connectivity index (χ1v) is 4.93. The first-order chi connectivity index (χ1) is 5.63. The molecule has 0 aromatic rings. The van der Waals surface area contributed by atoms with Gasteiger partial charge in [-0.05, 0) is 7.05 Å². The van der Waals surface area contributed by atoms with Crippen molar-refractivity contribution in [3.63, 3.8) is 0 Å². The first kappa shape index (κ1) is 9.63. The van der Waals surface area contributed by atoms with Gasteiger partial charge >= 0.3 is 0 Å². The van der Waals surface area contributed by atoms with Crippen LogP contribution in [0.5, 0.6) is 0 Å². The smallest absolute Gasteiger partial charge is 0.237 e. The van der Waals surface area contributed by atoms with Gasteiger partial charge in [0.25, 0.3) is 0 Å². The molecule has 1 unspecified atom stereocenters. The van der Waals surface area contributed by atoms with E-state index in [0.29, 0.717) is 19.1 Å². The van der Waals surface area contributed by atoms with Crippen LogP contribution in [0.2, 0.25) is 0 Å². The molecule has 1 aliphatic heterocycles. The van der Waals surface area contributed by atoms with E-state index in [1.165, 1.54) is 0 Å². The Balaban J connectivity index is 2.24. The van der Waals surface area contributed by atoms with Crippen LogP contribution >= 0.6 is 0 Å². The van der Waals surface area contributed by atoms with Crippen molar-refractivity contribution in [2.45, 2.75) is 6.04 Å². The van der Waals surface area contributed by atoms with Crippen molar-refractivity contribution in [3.8, 4) is 0 Å². The number of likely N-dealkylation sites (tertiary alicyclic amines) is 1. The summed E-state index contributed by atoms with van der Waals surface area (Å²) in [4.78, 5) is 12.6. The molecule has 1 amide bonds. The normalized spacial score (nSPS) is 20.3. The minimum absolute atomic E-state index is 0.248. The summed E-state index contributed by atoms with van der Waals surface area (Å²) in [6.45, 7) is 1.29.